The molecule has 0 spiro atoms. The van der Waals surface area contributed by atoms with Gasteiger partial charge in [0, 0.05) is 20.5 Å². The predicted octanol–water partition coefficient (Wildman–Crippen LogP) is 5.14. The van der Waals surface area contributed by atoms with Crippen LogP contribution in [0.3, 0.4) is 0 Å². The number of carbonyl (C=O) groups excluding carboxylic acids is 1. The number of aromatic nitrogens is 3. The molecule has 3 N–H and O–H groups in total. The fraction of sp³-hybridized carbons (Fsp3) is 0.207. The number of thioether (sulfide) groups is 1. The first-order valence-electron chi connectivity index (χ1n) is 12.7. The number of carboxylic acids is 1. The Morgan fingerprint density at radius 2 is 1.88 bits per heavy atom. The zero-order valence-electron chi connectivity index (χ0n) is 23.3. The summed E-state index contributed by atoms with van der Waals surface area (Å²) in [5.41, 5.74) is 5.57. The third-order valence-electron chi connectivity index (χ3n) is 6.16. The van der Waals surface area contributed by atoms with Crippen molar-refractivity contribution in [2.75, 3.05) is 19.5 Å². The van der Waals surface area contributed by atoms with Crippen LogP contribution in [-0.4, -0.2) is 57.4 Å². The maximum atomic E-state index is 12.9. The Balaban J connectivity index is 1.50. The summed E-state index contributed by atoms with van der Waals surface area (Å²) >= 11 is 3.51. The Bertz CT molecular complexity index is 1610. The number of methoxy groups -OCH3 is 2. The lowest BCUT2D eigenvalue weighted by Crippen LogP contribution is -2.27. The van der Waals surface area contributed by atoms with E-state index < -0.39 is 17.1 Å². The third kappa shape index (κ3) is 7.20. The molecule has 1 atom stereocenters. The van der Waals surface area contributed by atoms with Gasteiger partial charge >= 0.3 is 5.97 Å². The number of halogens is 1. The summed E-state index contributed by atoms with van der Waals surface area (Å²) in [6.45, 7) is 4.20. The molecule has 0 bridgehead atoms. The SMILES string of the molecule is COc1ccc(C=NNC(=O)[C@H](C)Sc2nnc(CNc3ccc(I)cc3C)n2-c2ccccc2)c(C(=O)O)c1OC. The Morgan fingerprint density at radius 1 is 1.12 bits per heavy atom. The molecule has 0 fully saturated rings. The zero-order chi connectivity index (χ0) is 30.2. The number of anilines is 1. The third-order valence-corrected chi connectivity index (χ3v) is 7.88. The zero-order valence-corrected chi connectivity index (χ0v) is 26.3. The minimum absolute atomic E-state index is 0.0620. The summed E-state index contributed by atoms with van der Waals surface area (Å²) in [6.07, 6.45) is 1.25. The lowest BCUT2D eigenvalue weighted by molar-refractivity contribution is -0.120. The minimum atomic E-state index is -1.22. The van der Waals surface area contributed by atoms with Crippen LogP contribution in [0.25, 0.3) is 5.69 Å². The normalized spacial score (nSPS) is 11.7. The van der Waals surface area contributed by atoms with Gasteiger partial charge in [-0.2, -0.15) is 5.10 Å². The highest BCUT2D eigenvalue weighted by molar-refractivity contribution is 14.1. The molecule has 218 valence electrons. The van der Waals surface area contributed by atoms with Gasteiger partial charge in [0.2, 0.25) is 0 Å². The van der Waals surface area contributed by atoms with Crippen molar-refractivity contribution in [1.29, 1.82) is 0 Å². The number of hydrogen-bond donors (Lipinski definition) is 3. The van der Waals surface area contributed by atoms with Crippen molar-refractivity contribution in [2.24, 2.45) is 5.10 Å². The molecular formula is C29H29IN6O5S. The van der Waals surface area contributed by atoms with Gasteiger partial charge in [0.15, 0.2) is 22.5 Å². The van der Waals surface area contributed by atoms with Crippen LogP contribution in [0.1, 0.15) is 34.2 Å². The molecule has 13 heteroatoms. The molecular weight excluding hydrogens is 671 g/mol. The maximum Gasteiger partial charge on any atom is 0.340 e. The number of aromatic carboxylic acids is 1. The molecule has 0 saturated carbocycles. The van der Waals surface area contributed by atoms with Crippen LogP contribution in [0.2, 0.25) is 0 Å². The number of benzene rings is 3. The number of nitrogens with one attached hydrogen (secondary N) is 2. The van der Waals surface area contributed by atoms with Gasteiger partial charge in [0.1, 0.15) is 5.56 Å². The second kappa shape index (κ2) is 14.2. The lowest BCUT2D eigenvalue weighted by Gasteiger charge is -2.14. The summed E-state index contributed by atoms with van der Waals surface area (Å²) in [6, 6.07) is 18.9. The van der Waals surface area contributed by atoms with E-state index in [4.69, 9.17) is 9.47 Å². The van der Waals surface area contributed by atoms with Crippen molar-refractivity contribution in [3.05, 3.63) is 86.7 Å². The summed E-state index contributed by atoms with van der Waals surface area (Å²) in [7, 11) is 2.77. The van der Waals surface area contributed by atoms with Crippen molar-refractivity contribution >= 4 is 58.1 Å². The Kier molecular flexibility index (Phi) is 10.4. The molecule has 0 unspecified atom stereocenters. The first kappa shape index (κ1) is 30.8. The Morgan fingerprint density at radius 3 is 2.55 bits per heavy atom. The first-order valence-corrected chi connectivity index (χ1v) is 14.7. The Hall–Kier alpha value is -4.11. The first-order chi connectivity index (χ1) is 20.2. The topological polar surface area (TPSA) is 140 Å². The smallest absolute Gasteiger partial charge is 0.340 e. The fourth-order valence-corrected chi connectivity index (χ4v) is 5.59. The van der Waals surface area contributed by atoms with Crippen LogP contribution in [0, 0.1) is 10.5 Å². The van der Waals surface area contributed by atoms with Gasteiger partial charge in [-0.25, -0.2) is 10.2 Å². The van der Waals surface area contributed by atoms with E-state index in [1.807, 2.05) is 54.0 Å². The summed E-state index contributed by atoms with van der Waals surface area (Å²) in [5.74, 6) is -0.601. The van der Waals surface area contributed by atoms with Crippen molar-refractivity contribution in [1.82, 2.24) is 20.2 Å². The van der Waals surface area contributed by atoms with Crippen LogP contribution >= 0.6 is 34.4 Å². The van der Waals surface area contributed by atoms with Gasteiger partial charge in [-0.05, 0) is 84.5 Å². The molecule has 1 heterocycles. The molecule has 0 aliphatic rings. The Labute approximate surface area is 260 Å². The van der Waals surface area contributed by atoms with Gasteiger partial charge in [-0.15, -0.1) is 10.2 Å². The van der Waals surface area contributed by atoms with E-state index in [1.165, 1.54) is 38.3 Å². The molecule has 0 radical (unpaired) electrons. The highest BCUT2D eigenvalue weighted by Crippen LogP contribution is 2.33. The average molecular weight is 701 g/mol. The molecule has 11 nitrogen and oxygen atoms in total. The molecule has 0 aliphatic heterocycles. The van der Waals surface area contributed by atoms with E-state index in [-0.39, 0.29) is 22.6 Å². The van der Waals surface area contributed by atoms with Crippen LogP contribution < -0.4 is 20.2 Å². The number of aryl methyl sites for hydroxylation is 1. The van der Waals surface area contributed by atoms with Gasteiger partial charge in [0.25, 0.3) is 5.91 Å². The molecule has 4 rings (SSSR count). The standard InChI is InChI=1S/C29H29IN6O5S/c1-17-14-20(30)11-12-22(17)31-16-24-33-35-29(36(24)21-8-6-5-7-9-21)42-18(2)27(37)34-32-15-19-10-13-23(40-3)26(41-4)25(19)28(38)39/h5-15,18,31H,16H2,1-4H3,(H,34,37)(H,38,39)/t18-/m0/s1. The summed E-state index contributed by atoms with van der Waals surface area (Å²) < 4.78 is 13.5. The minimum Gasteiger partial charge on any atom is -0.493 e. The number of hydrogen-bond acceptors (Lipinski definition) is 9. The molecule has 1 aromatic heterocycles. The van der Waals surface area contributed by atoms with Crippen molar-refractivity contribution in [3.63, 3.8) is 0 Å². The number of carboxylic acid groups (broad SMARTS) is 1. The predicted molar refractivity (Wildman–Crippen MR) is 170 cm³/mol. The van der Waals surface area contributed by atoms with Gasteiger partial charge in [-0.3, -0.25) is 9.36 Å². The number of ether oxygens (including phenoxy) is 2. The molecule has 42 heavy (non-hydrogen) atoms. The molecule has 3 aromatic carbocycles. The van der Waals surface area contributed by atoms with E-state index in [0.29, 0.717) is 17.5 Å². The highest BCUT2D eigenvalue weighted by atomic mass is 127. The molecule has 1 amide bonds. The van der Waals surface area contributed by atoms with Crippen molar-refractivity contribution in [2.45, 2.75) is 30.8 Å². The van der Waals surface area contributed by atoms with Crippen molar-refractivity contribution in [3.8, 4) is 17.2 Å². The number of para-hydroxylation sites is 1. The molecule has 0 saturated heterocycles. The van der Waals surface area contributed by atoms with E-state index >= 15 is 0 Å². The van der Waals surface area contributed by atoms with Gasteiger partial charge in [0.05, 0.1) is 32.2 Å². The maximum absolute atomic E-state index is 12.9. The van der Waals surface area contributed by atoms with Crippen LogP contribution in [-0.2, 0) is 11.3 Å². The number of carbonyl (C=O) groups is 2. The lowest BCUT2D eigenvalue weighted by atomic mass is 10.1. The number of rotatable bonds is 12. The van der Waals surface area contributed by atoms with Gasteiger partial charge in [-0.1, -0.05) is 30.0 Å². The second-order valence-electron chi connectivity index (χ2n) is 8.95. The van der Waals surface area contributed by atoms with Crippen LogP contribution in [0.4, 0.5) is 5.69 Å². The highest BCUT2D eigenvalue weighted by Gasteiger charge is 2.22. The van der Waals surface area contributed by atoms with E-state index in [0.717, 1.165) is 20.5 Å². The molecule has 0 aliphatic carbocycles. The van der Waals surface area contributed by atoms with Crippen LogP contribution in [0.5, 0.6) is 11.5 Å². The average Bonchev–Trinajstić information content (AvgIpc) is 3.38. The largest absolute Gasteiger partial charge is 0.493 e. The summed E-state index contributed by atoms with van der Waals surface area (Å²) in [4.78, 5) is 24.8. The van der Waals surface area contributed by atoms with E-state index in [2.05, 4.69) is 54.7 Å². The van der Waals surface area contributed by atoms with Crippen LogP contribution in [0.15, 0.2) is 70.9 Å². The summed E-state index contributed by atoms with van der Waals surface area (Å²) in [5, 5.41) is 25.9. The van der Waals surface area contributed by atoms with E-state index in [1.54, 1.807) is 13.0 Å². The molecule has 4 aromatic rings. The number of hydrazone groups is 1. The van der Waals surface area contributed by atoms with E-state index in [9.17, 15) is 14.7 Å². The quantitative estimate of drug-likeness (QED) is 0.0794. The number of amides is 1. The van der Waals surface area contributed by atoms with Gasteiger partial charge < -0.3 is 19.9 Å². The fourth-order valence-electron chi connectivity index (χ4n) is 4.07. The van der Waals surface area contributed by atoms with Crippen molar-refractivity contribution < 1.29 is 24.2 Å². The monoisotopic (exact) mass is 700 g/mol. The second-order valence-corrected chi connectivity index (χ2v) is 11.5. The number of nitrogens with zero attached hydrogens (tertiary/aromatic N) is 4.